The fourth-order valence-corrected chi connectivity index (χ4v) is 2.24. The number of nitrogens with one attached hydrogen (secondary N) is 1. The zero-order chi connectivity index (χ0) is 9.86. The van der Waals surface area contributed by atoms with E-state index in [1.807, 2.05) is 6.26 Å². The second-order valence-corrected chi connectivity index (χ2v) is 4.40. The molecule has 1 saturated heterocycles. The van der Waals surface area contributed by atoms with E-state index in [1.54, 1.807) is 0 Å². The number of aliphatic hydroxyl groups is 1. The highest BCUT2D eigenvalue weighted by Crippen LogP contribution is 2.29. The molecule has 0 aliphatic carbocycles. The van der Waals surface area contributed by atoms with Crippen LogP contribution in [0.15, 0.2) is 11.8 Å². The number of ether oxygens (including phenoxy) is 1. The summed E-state index contributed by atoms with van der Waals surface area (Å²) in [6.07, 6.45) is 6.57. The zero-order valence-corrected chi connectivity index (χ0v) is 8.59. The van der Waals surface area contributed by atoms with Gasteiger partial charge in [0.15, 0.2) is 0 Å². The topological polar surface area (TPSA) is 41.5 Å². The molecule has 0 bridgehead atoms. The Hall–Kier alpha value is -0.540. The Morgan fingerprint density at radius 3 is 2.86 bits per heavy atom. The highest BCUT2D eigenvalue weighted by atomic mass is 16.5. The molecule has 0 aromatic carbocycles. The maximum Gasteiger partial charge on any atom is 0.0876 e. The van der Waals surface area contributed by atoms with Crippen molar-refractivity contribution in [3.05, 3.63) is 11.8 Å². The Bertz CT molecular complexity index is 219. The Kier molecular flexibility index (Phi) is 3.08. The normalized spacial score (nSPS) is 26.5. The van der Waals surface area contributed by atoms with E-state index in [0.717, 1.165) is 51.8 Å². The van der Waals surface area contributed by atoms with E-state index < -0.39 is 5.60 Å². The van der Waals surface area contributed by atoms with Gasteiger partial charge in [0.05, 0.1) is 18.5 Å². The lowest BCUT2D eigenvalue weighted by Gasteiger charge is -2.33. The first-order valence-electron chi connectivity index (χ1n) is 5.51. The Morgan fingerprint density at radius 2 is 2.21 bits per heavy atom. The van der Waals surface area contributed by atoms with Crippen LogP contribution in [0.3, 0.4) is 0 Å². The molecule has 80 valence electrons. The molecule has 14 heavy (non-hydrogen) atoms. The molecule has 0 atom stereocenters. The number of hydrogen-bond acceptors (Lipinski definition) is 3. The van der Waals surface area contributed by atoms with Gasteiger partial charge in [-0.05, 0) is 44.3 Å². The summed E-state index contributed by atoms with van der Waals surface area (Å²) in [5, 5.41) is 13.6. The predicted molar refractivity (Wildman–Crippen MR) is 54.9 cm³/mol. The maximum atomic E-state index is 10.3. The molecule has 0 aromatic heterocycles. The van der Waals surface area contributed by atoms with Crippen LogP contribution in [-0.4, -0.2) is 30.4 Å². The minimum Gasteiger partial charge on any atom is -0.501 e. The Labute approximate surface area is 85.1 Å². The molecular weight excluding hydrogens is 178 g/mol. The van der Waals surface area contributed by atoms with Crippen molar-refractivity contribution in [2.45, 2.75) is 37.7 Å². The number of rotatable bonds is 2. The van der Waals surface area contributed by atoms with Gasteiger partial charge in [0.25, 0.3) is 0 Å². The third-order valence-corrected chi connectivity index (χ3v) is 3.10. The summed E-state index contributed by atoms with van der Waals surface area (Å²) >= 11 is 0. The van der Waals surface area contributed by atoms with Gasteiger partial charge in [0.2, 0.25) is 0 Å². The van der Waals surface area contributed by atoms with Gasteiger partial charge in [-0.15, -0.1) is 0 Å². The highest BCUT2D eigenvalue weighted by molar-refractivity contribution is 5.06. The molecule has 2 aliphatic rings. The highest BCUT2D eigenvalue weighted by Gasteiger charge is 2.30. The number of piperidine rings is 1. The fourth-order valence-electron chi connectivity index (χ4n) is 2.24. The lowest BCUT2D eigenvalue weighted by Crippen LogP contribution is -2.42. The van der Waals surface area contributed by atoms with Crippen LogP contribution in [0, 0.1) is 0 Å². The van der Waals surface area contributed by atoms with Gasteiger partial charge >= 0.3 is 0 Å². The lowest BCUT2D eigenvalue weighted by molar-refractivity contribution is 0.00840. The van der Waals surface area contributed by atoms with Gasteiger partial charge in [-0.1, -0.05) is 0 Å². The summed E-state index contributed by atoms with van der Waals surface area (Å²) in [5.74, 6) is 0. The SMILES string of the molecule is OC1(CC2=COCCC2)CCNCC1. The van der Waals surface area contributed by atoms with Gasteiger partial charge in [-0.3, -0.25) is 0 Å². The van der Waals surface area contributed by atoms with Gasteiger partial charge in [-0.25, -0.2) is 0 Å². The van der Waals surface area contributed by atoms with E-state index in [2.05, 4.69) is 5.32 Å². The van der Waals surface area contributed by atoms with Gasteiger partial charge < -0.3 is 15.2 Å². The van der Waals surface area contributed by atoms with E-state index in [9.17, 15) is 5.11 Å². The summed E-state index contributed by atoms with van der Waals surface area (Å²) in [5.41, 5.74) is 0.804. The molecule has 0 unspecified atom stereocenters. The van der Waals surface area contributed by atoms with Crippen molar-refractivity contribution in [1.29, 1.82) is 0 Å². The van der Waals surface area contributed by atoms with Gasteiger partial charge in [0.1, 0.15) is 0 Å². The molecule has 2 aliphatic heterocycles. The van der Waals surface area contributed by atoms with Crippen molar-refractivity contribution < 1.29 is 9.84 Å². The van der Waals surface area contributed by atoms with Crippen LogP contribution in [0.4, 0.5) is 0 Å². The smallest absolute Gasteiger partial charge is 0.0876 e. The largest absolute Gasteiger partial charge is 0.501 e. The number of hydrogen-bond donors (Lipinski definition) is 2. The first-order chi connectivity index (χ1) is 6.79. The van der Waals surface area contributed by atoms with Crippen molar-refractivity contribution in [2.75, 3.05) is 19.7 Å². The molecule has 2 rings (SSSR count). The fraction of sp³-hybridized carbons (Fsp3) is 0.818. The third kappa shape index (κ3) is 2.49. The van der Waals surface area contributed by atoms with Crippen LogP contribution in [0.2, 0.25) is 0 Å². The molecule has 0 spiro atoms. The van der Waals surface area contributed by atoms with E-state index in [1.165, 1.54) is 5.57 Å². The molecule has 0 radical (unpaired) electrons. The predicted octanol–water partition coefficient (Wildman–Crippen LogP) is 1.19. The second kappa shape index (κ2) is 4.32. The summed E-state index contributed by atoms with van der Waals surface area (Å²) < 4.78 is 5.28. The van der Waals surface area contributed by atoms with Crippen LogP contribution < -0.4 is 5.32 Å². The van der Waals surface area contributed by atoms with Crippen LogP contribution in [0.5, 0.6) is 0 Å². The first kappa shape index (κ1) is 9.99. The van der Waals surface area contributed by atoms with Crippen molar-refractivity contribution in [1.82, 2.24) is 5.32 Å². The standard InChI is InChI=1S/C11H19NO2/c13-11(3-5-12-6-4-11)8-10-2-1-7-14-9-10/h9,12-13H,1-8H2. The third-order valence-electron chi connectivity index (χ3n) is 3.10. The monoisotopic (exact) mass is 197 g/mol. The van der Waals surface area contributed by atoms with Crippen molar-refractivity contribution in [2.24, 2.45) is 0 Å². The van der Waals surface area contributed by atoms with Crippen molar-refractivity contribution in [3.63, 3.8) is 0 Å². The molecule has 0 saturated carbocycles. The van der Waals surface area contributed by atoms with E-state index in [4.69, 9.17) is 4.74 Å². The summed E-state index contributed by atoms with van der Waals surface area (Å²) in [4.78, 5) is 0. The average Bonchev–Trinajstić information content (AvgIpc) is 2.19. The summed E-state index contributed by atoms with van der Waals surface area (Å²) in [7, 11) is 0. The maximum absolute atomic E-state index is 10.3. The molecule has 3 heteroatoms. The van der Waals surface area contributed by atoms with Crippen LogP contribution in [-0.2, 0) is 4.74 Å². The van der Waals surface area contributed by atoms with Crippen LogP contribution >= 0.6 is 0 Å². The molecule has 0 amide bonds. The molecular formula is C11H19NO2. The molecule has 3 nitrogen and oxygen atoms in total. The first-order valence-corrected chi connectivity index (χ1v) is 5.51. The quantitative estimate of drug-likeness (QED) is 0.698. The second-order valence-electron chi connectivity index (χ2n) is 4.40. The van der Waals surface area contributed by atoms with Crippen LogP contribution in [0.1, 0.15) is 32.1 Å². The Balaban J connectivity index is 1.90. The molecule has 2 N–H and O–H groups in total. The lowest BCUT2D eigenvalue weighted by atomic mass is 9.85. The van der Waals surface area contributed by atoms with E-state index in [0.29, 0.717) is 0 Å². The molecule has 1 fully saturated rings. The van der Waals surface area contributed by atoms with Crippen molar-refractivity contribution in [3.8, 4) is 0 Å². The average molecular weight is 197 g/mol. The van der Waals surface area contributed by atoms with Gasteiger partial charge in [0, 0.05) is 6.42 Å². The molecule has 0 aromatic rings. The van der Waals surface area contributed by atoms with Crippen molar-refractivity contribution >= 4 is 0 Å². The minimum absolute atomic E-state index is 0.474. The van der Waals surface area contributed by atoms with E-state index in [-0.39, 0.29) is 0 Å². The minimum atomic E-state index is -0.474. The Morgan fingerprint density at radius 1 is 1.43 bits per heavy atom. The summed E-state index contributed by atoms with van der Waals surface area (Å²) in [6.45, 7) is 2.71. The van der Waals surface area contributed by atoms with Crippen LogP contribution in [0.25, 0.3) is 0 Å². The molecule has 2 heterocycles. The van der Waals surface area contributed by atoms with E-state index >= 15 is 0 Å². The van der Waals surface area contributed by atoms with Gasteiger partial charge in [-0.2, -0.15) is 0 Å². The summed E-state index contributed by atoms with van der Waals surface area (Å²) in [6, 6.07) is 0. The zero-order valence-electron chi connectivity index (χ0n) is 8.59.